The maximum absolute atomic E-state index is 13.5. The van der Waals surface area contributed by atoms with Crippen LogP contribution in [0.2, 0.25) is 0 Å². The third kappa shape index (κ3) is 2.46. The molecule has 1 amide bonds. The highest BCUT2D eigenvalue weighted by molar-refractivity contribution is 6.18. The van der Waals surface area contributed by atoms with Gasteiger partial charge in [0.2, 0.25) is 0 Å². The summed E-state index contributed by atoms with van der Waals surface area (Å²) in [6, 6.07) is 1.74. The molecule has 2 rings (SSSR count). The lowest BCUT2D eigenvalue weighted by Gasteiger charge is -2.21. The van der Waals surface area contributed by atoms with E-state index in [1.54, 1.807) is 0 Å². The van der Waals surface area contributed by atoms with Gasteiger partial charge in [-0.05, 0) is 25.0 Å². The van der Waals surface area contributed by atoms with Gasteiger partial charge < -0.3 is 4.90 Å². The lowest BCUT2D eigenvalue weighted by molar-refractivity contribution is 0.0747. The predicted octanol–water partition coefficient (Wildman–Crippen LogP) is 2.95. The molecule has 1 aromatic carbocycles. The summed E-state index contributed by atoms with van der Waals surface area (Å²) < 4.78 is 39.4. The van der Waals surface area contributed by atoms with Gasteiger partial charge >= 0.3 is 0 Å². The van der Waals surface area contributed by atoms with Gasteiger partial charge in [0.15, 0.2) is 17.5 Å². The van der Waals surface area contributed by atoms with Crippen LogP contribution in [-0.2, 0) is 0 Å². The normalized spacial score (nSPS) is 14.7. The summed E-state index contributed by atoms with van der Waals surface area (Å²) in [7, 11) is 0. The molecule has 0 N–H and O–H groups in total. The molecule has 6 heteroatoms. The Morgan fingerprint density at radius 3 is 2.50 bits per heavy atom. The monoisotopic (exact) mass is 277 g/mol. The summed E-state index contributed by atoms with van der Waals surface area (Å²) >= 11 is 5.57. The number of amides is 1. The average Bonchev–Trinajstić information content (AvgIpc) is 3.17. The minimum Gasteiger partial charge on any atom is -0.334 e. The molecule has 0 unspecified atom stereocenters. The summed E-state index contributed by atoms with van der Waals surface area (Å²) in [4.78, 5) is 13.4. The van der Waals surface area contributed by atoms with Gasteiger partial charge in [-0.1, -0.05) is 0 Å². The van der Waals surface area contributed by atoms with Crippen molar-refractivity contribution < 1.29 is 18.0 Å². The molecule has 0 aromatic heterocycles. The molecule has 1 saturated carbocycles. The summed E-state index contributed by atoms with van der Waals surface area (Å²) in [5, 5.41) is 0. The first kappa shape index (κ1) is 13.2. The fourth-order valence-electron chi connectivity index (χ4n) is 1.77. The molecule has 0 aliphatic heterocycles. The number of hydrogen-bond acceptors (Lipinski definition) is 1. The van der Waals surface area contributed by atoms with E-state index in [0.29, 0.717) is 0 Å². The summed E-state index contributed by atoms with van der Waals surface area (Å²) in [6.07, 6.45) is 1.65. The van der Waals surface area contributed by atoms with Crippen LogP contribution < -0.4 is 0 Å². The zero-order valence-electron chi connectivity index (χ0n) is 9.43. The molecular formula is C12H11ClF3NO. The molecule has 1 aliphatic rings. The van der Waals surface area contributed by atoms with Gasteiger partial charge in [-0.15, -0.1) is 11.6 Å². The number of nitrogens with zero attached hydrogens (tertiary/aromatic N) is 1. The minimum atomic E-state index is -1.62. The number of alkyl halides is 1. The lowest BCUT2D eigenvalue weighted by Crippen LogP contribution is -2.35. The minimum absolute atomic E-state index is 0.0313. The van der Waals surface area contributed by atoms with Crippen LogP contribution in [-0.4, -0.2) is 29.3 Å². The Labute approximate surface area is 107 Å². The fraction of sp³-hybridized carbons (Fsp3) is 0.417. The molecule has 18 heavy (non-hydrogen) atoms. The Hall–Kier alpha value is -1.23. The Bertz CT molecular complexity index is 477. The molecule has 0 atom stereocenters. The number of rotatable bonds is 4. The van der Waals surface area contributed by atoms with E-state index >= 15 is 0 Å². The van der Waals surface area contributed by atoms with Crippen molar-refractivity contribution in [3.8, 4) is 0 Å². The third-order valence-electron chi connectivity index (χ3n) is 2.84. The number of halogens is 4. The standard InChI is InChI=1S/C12H11ClF3NO/c13-5-6-17(7-1-2-7)12(18)8-3-4-9(14)11(16)10(8)15/h3-4,7H,1-2,5-6H2. The van der Waals surface area contributed by atoms with Crippen LogP contribution in [0.4, 0.5) is 13.2 Å². The quantitative estimate of drug-likeness (QED) is 0.612. The summed E-state index contributed by atoms with van der Waals surface area (Å²) in [5.41, 5.74) is -0.453. The van der Waals surface area contributed by atoms with E-state index in [1.165, 1.54) is 4.90 Å². The highest BCUT2D eigenvalue weighted by atomic mass is 35.5. The Kier molecular flexibility index (Phi) is 3.80. The van der Waals surface area contributed by atoms with Crippen LogP contribution in [0.15, 0.2) is 12.1 Å². The second kappa shape index (κ2) is 5.18. The Morgan fingerprint density at radius 2 is 1.94 bits per heavy atom. The molecule has 0 spiro atoms. The first-order chi connectivity index (χ1) is 8.56. The number of hydrogen-bond donors (Lipinski definition) is 0. The summed E-state index contributed by atoms with van der Waals surface area (Å²) in [6.45, 7) is 0.267. The number of carbonyl (C=O) groups is 1. The lowest BCUT2D eigenvalue weighted by atomic mass is 10.1. The molecule has 0 bridgehead atoms. The number of carbonyl (C=O) groups excluding carboxylic acids is 1. The maximum Gasteiger partial charge on any atom is 0.257 e. The fourth-order valence-corrected chi connectivity index (χ4v) is 1.96. The molecule has 1 fully saturated rings. The second-order valence-corrected chi connectivity index (χ2v) is 4.52. The molecular weight excluding hydrogens is 267 g/mol. The van der Waals surface area contributed by atoms with E-state index in [1.807, 2.05) is 0 Å². The van der Waals surface area contributed by atoms with Crippen LogP contribution in [0, 0.1) is 17.5 Å². The van der Waals surface area contributed by atoms with Crippen LogP contribution in [0.5, 0.6) is 0 Å². The van der Waals surface area contributed by atoms with Gasteiger partial charge in [-0.3, -0.25) is 4.79 Å². The molecule has 2 nitrogen and oxygen atoms in total. The van der Waals surface area contributed by atoms with E-state index in [4.69, 9.17) is 11.6 Å². The van der Waals surface area contributed by atoms with Crippen molar-refractivity contribution in [2.45, 2.75) is 18.9 Å². The second-order valence-electron chi connectivity index (χ2n) is 4.14. The molecule has 0 radical (unpaired) electrons. The highest BCUT2D eigenvalue weighted by Gasteiger charge is 2.34. The van der Waals surface area contributed by atoms with Crippen molar-refractivity contribution in [2.75, 3.05) is 12.4 Å². The van der Waals surface area contributed by atoms with Gasteiger partial charge in [-0.2, -0.15) is 0 Å². The van der Waals surface area contributed by atoms with Gasteiger partial charge in [0.05, 0.1) is 5.56 Å². The largest absolute Gasteiger partial charge is 0.334 e. The molecule has 98 valence electrons. The molecule has 0 saturated heterocycles. The Balaban J connectivity index is 2.29. The van der Waals surface area contributed by atoms with Gasteiger partial charge in [0, 0.05) is 18.5 Å². The van der Waals surface area contributed by atoms with Gasteiger partial charge in [0.25, 0.3) is 5.91 Å². The van der Waals surface area contributed by atoms with Crippen molar-refractivity contribution >= 4 is 17.5 Å². The van der Waals surface area contributed by atoms with E-state index in [9.17, 15) is 18.0 Å². The van der Waals surface area contributed by atoms with E-state index in [0.717, 1.165) is 25.0 Å². The zero-order valence-corrected chi connectivity index (χ0v) is 10.2. The average molecular weight is 278 g/mol. The van der Waals surface area contributed by atoms with Crippen LogP contribution >= 0.6 is 11.6 Å². The van der Waals surface area contributed by atoms with Crippen molar-refractivity contribution in [3.63, 3.8) is 0 Å². The summed E-state index contributed by atoms with van der Waals surface area (Å²) in [5.74, 6) is -4.80. The Morgan fingerprint density at radius 1 is 1.28 bits per heavy atom. The highest BCUT2D eigenvalue weighted by Crippen LogP contribution is 2.29. The van der Waals surface area contributed by atoms with Crippen molar-refractivity contribution in [1.82, 2.24) is 4.90 Å². The van der Waals surface area contributed by atoms with Crippen molar-refractivity contribution in [2.24, 2.45) is 0 Å². The third-order valence-corrected chi connectivity index (χ3v) is 3.01. The molecule has 1 aromatic rings. The van der Waals surface area contributed by atoms with Crippen LogP contribution in [0.25, 0.3) is 0 Å². The predicted molar refractivity (Wildman–Crippen MR) is 61.1 cm³/mol. The van der Waals surface area contributed by atoms with Gasteiger partial charge in [-0.25, -0.2) is 13.2 Å². The molecule has 0 heterocycles. The van der Waals surface area contributed by atoms with Crippen LogP contribution in [0.3, 0.4) is 0 Å². The smallest absolute Gasteiger partial charge is 0.257 e. The maximum atomic E-state index is 13.5. The van der Waals surface area contributed by atoms with E-state index in [2.05, 4.69) is 0 Å². The molecule has 1 aliphatic carbocycles. The first-order valence-corrected chi connectivity index (χ1v) is 6.10. The number of benzene rings is 1. The van der Waals surface area contributed by atoms with E-state index in [-0.39, 0.29) is 18.5 Å². The first-order valence-electron chi connectivity index (χ1n) is 5.56. The van der Waals surface area contributed by atoms with Gasteiger partial charge in [0.1, 0.15) is 0 Å². The zero-order chi connectivity index (χ0) is 13.3. The van der Waals surface area contributed by atoms with E-state index < -0.39 is 28.9 Å². The topological polar surface area (TPSA) is 20.3 Å². The van der Waals surface area contributed by atoms with Crippen molar-refractivity contribution in [3.05, 3.63) is 35.1 Å². The van der Waals surface area contributed by atoms with Crippen LogP contribution in [0.1, 0.15) is 23.2 Å². The SMILES string of the molecule is O=C(c1ccc(F)c(F)c1F)N(CCCl)C1CC1. The van der Waals surface area contributed by atoms with Crippen molar-refractivity contribution in [1.29, 1.82) is 0 Å².